The Labute approximate surface area is 249 Å². The molecule has 0 spiro atoms. The topological polar surface area (TPSA) is 72.3 Å². The second-order valence-electron chi connectivity index (χ2n) is 11.2. The number of anilines is 1. The number of nitrogens with one attached hydrogen (secondary N) is 1. The van der Waals surface area contributed by atoms with Gasteiger partial charge in [-0.05, 0) is 47.4 Å². The van der Waals surface area contributed by atoms with Crippen LogP contribution in [-0.2, 0) is 20.4 Å². The number of phenols is 1. The van der Waals surface area contributed by atoms with Crippen LogP contribution < -0.4 is 10.2 Å². The van der Waals surface area contributed by atoms with Crippen molar-refractivity contribution in [3.8, 4) is 11.5 Å². The lowest BCUT2D eigenvalue weighted by atomic mass is 9.76. The number of alkyl halides is 9. The Morgan fingerprint density at radius 2 is 1.41 bits per heavy atom. The highest BCUT2D eigenvalue weighted by Crippen LogP contribution is 2.53. The van der Waals surface area contributed by atoms with Crippen LogP contribution in [0.1, 0.15) is 65.5 Å². The molecule has 44 heavy (non-hydrogen) atoms. The van der Waals surface area contributed by atoms with Crippen molar-refractivity contribution >= 4 is 17.8 Å². The molecule has 0 atom stereocenters. The van der Waals surface area contributed by atoms with Crippen LogP contribution in [-0.4, -0.2) is 48.9 Å². The predicted octanol–water partition coefficient (Wildman–Crippen LogP) is 9.29. The van der Waals surface area contributed by atoms with Gasteiger partial charge in [0.1, 0.15) is 30.4 Å². The van der Waals surface area contributed by atoms with Gasteiger partial charge in [0.2, 0.25) is 0 Å². The third-order valence-electron chi connectivity index (χ3n) is 7.38. The fourth-order valence-electron chi connectivity index (χ4n) is 3.60. The zero-order valence-electron chi connectivity index (χ0n) is 24.9. The smallest absolute Gasteiger partial charge is 0.472 e. The second-order valence-corrected chi connectivity index (χ2v) is 11.2. The lowest BCUT2D eigenvalue weighted by Gasteiger charge is -2.31. The molecule has 2 rings (SSSR count). The van der Waals surface area contributed by atoms with Crippen molar-refractivity contribution in [3.05, 3.63) is 47.5 Å². The van der Waals surface area contributed by atoms with Gasteiger partial charge in [0.05, 0.1) is 5.69 Å². The van der Waals surface area contributed by atoms with Crippen LogP contribution in [0.25, 0.3) is 0 Å². The molecule has 0 aliphatic rings. The van der Waals surface area contributed by atoms with Gasteiger partial charge in [-0.15, -0.1) is 0 Å². The molecule has 0 heterocycles. The lowest BCUT2D eigenvalue weighted by molar-refractivity contribution is -0.430. The van der Waals surface area contributed by atoms with Crippen LogP contribution in [0.2, 0.25) is 0 Å². The van der Waals surface area contributed by atoms with E-state index in [1.807, 2.05) is 12.1 Å². The second kappa shape index (κ2) is 13.3. The number of nitrogens with zero attached hydrogens (tertiary/aromatic N) is 1. The van der Waals surface area contributed by atoms with Crippen LogP contribution in [0.15, 0.2) is 41.4 Å². The lowest BCUT2D eigenvalue weighted by Crippen LogP contribution is -2.61. The van der Waals surface area contributed by atoms with Gasteiger partial charge < -0.3 is 14.6 Å². The van der Waals surface area contributed by atoms with Gasteiger partial charge in [-0.1, -0.05) is 53.7 Å². The largest absolute Gasteiger partial charge is 0.506 e. The van der Waals surface area contributed by atoms with E-state index in [0.29, 0.717) is 5.75 Å². The van der Waals surface area contributed by atoms with E-state index in [1.165, 1.54) is 5.56 Å². The first-order valence-electron chi connectivity index (χ1n) is 13.4. The maximum Gasteiger partial charge on any atom is 0.472 e. The normalized spacial score (nSPS) is 13.8. The number of rotatable bonds is 15. The highest BCUT2D eigenvalue weighted by molar-refractivity contribution is 5.64. The first-order valence-corrected chi connectivity index (χ1v) is 13.4. The molecule has 0 amide bonds. The molecular formula is C29H35F9N2O4. The first kappa shape index (κ1) is 36.8. The van der Waals surface area contributed by atoms with E-state index in [4.69, 9.17) is 9.57 Å². The summed E-state index contributed by atoms with van der Waals surface area (Å²) in [4.78, 5) is 8.41. The summed E-state index contributed by atoms with van der Waals surface area (Å²) in [7, 11) is 0. The van der Waals surface area contributed by atoms with E-state index in [-0.39, 0.29) is 29.7 Å². The SMILES string of the molecule is CCC(C)(C)c1ccc(OCCONc2ccc(N=COC(F)(F)C(F)(F)C(F)(F)C(F)(F)F)cc2O)c(C(C)(C)CC)c1. The van der Waals surface area contributed by atoms with Crippen molar-refractivity contribution in [2.75, 3.05) is 18.7 Å². The van der Waals surface area contributed by atoms with E-state index in [9.17, 15) is 44.6 Å². The molecule has 2 aromatic rings. The number of halogens is 9. The molecule has 0 aromatic heterocycles. The molecule has 0 aliphatic heterocycles. The summed E-state index contributed by atoms with van der Waals surface area (Å²) in [5.74, 6) is -13.9. The summed E-state index contributed by atoms with van der Waals surface area (Å²) >= 11 is 0. The average Bonchev–Trinajstić information content (AvgIpc) is 2.92. The molecule has 0 saturated carbocycles. The highest BCUT2D eigenvalue weighted by atomic mass is 19.4. The third kappa shape index (κ3) is 8.02. The Balaban J connectivity index is 2.00. The van der Waals surface area contributed by atoms with Crippen LogP contribution in [0, 0.1) is 0 Å². The molecule has 2 N–H and O–H groups in total. The zero-order chi connectivity index (χ0) is 33.8. The molecule has 0 unspecified atom stereocenters. The fraction of sp³-hybridized carbons (Fsp3) is 0.552. The number of aliphatic imine (C=N–C) groups is 1. The van der Waals surface area contributed by atoms with Crippen molar-refractivity contribution < 1.29 is 58.9 Å². The maximum absolute atomic E-state index is 13.4. The summed E-state index contributed by atoms with van der Waals surface area (Å²) in [5.41, 5.74) is 4.03. The Bertz CT molecular complexity index is 1300. The summed E-state index contributed by atoms with van der Waals surface area (Å²) in [6, 6.07) is 9.08. The molecular weight excluding hydrogens is 611 g/mol. The minimum absolute atomic E-state index is 0.00718. The monoisotopic (exact) mass is 646 g/mol. The van der Waals surface area contributed by atoms with Gasteiger partial charge in [0.25, 0.3) is 0 Å². The molecule has 248 valence electrons. The Morgan fingerprint density at radius 3 is 1.95 bits per heavy atom. The van der Waals surface area contributed by atoms with Gasteiger partial charge in [-0.2, -0.15) is 39.5 Å². The fourth-order valence-corrected chi connectivity index (χ4v) is 3.60. The number of hydrogen-bond acceptors (Lipinski definition) is 6. The van der Waals surface area contributed by atoms with E-state index in [0.717, 1.165) is 36.6 Å². The molecule has 0 fully saturated rings. The maximum atomic E-state index is 13.4. The number of ether oxygens (including phenoxy) is 2. The molecule has 0 aliphatic carbocycles. The quantitative estimate of drug-likeness (QED) is 0.0504. The van der Waals surface area contributed by atoms with Crippen LogP contribution in [0.5, 0.6) is 11.5 Å². The summed E-state index contributed by atoms with van der Waals surface area (Å²) in [6.45, 7) is 12.9. The molecule has 15 heteroatoms. The number of phenolic OH excluding ortho intramolecular Hbond substituents is 1. The molecule has 0 saturated heterocycles. The molecule has 2 aromatic carbocycles. The van der Waals surface area contributed by atoms with E-state index >= 15 is 0 Å². The van der Waals surface area contributed by atoms with Crippen LogP contribution in [0.4, 0.5) is 50.9 Å². The van der Waals surface area contributed by atoms with Gasteiger partial charge in [-0.25, -0.2) is 4.99 Å². The van der Waals surface area contributed by atoms with Gasteiger partial charge in [-0.3, -0.25) is 10.3 Å². The zero-order valence-corrected chi connectivity index (χ0v) is 24.9. The van der Waals surface area contributed by atoms with E-state index < -0.39 is 42.0 Å². The average molecular weight is 647 g/mol. The number of hydrogen-bond donors (Lipinski definition) is 2. The summed E-state index contributed by atoms with van der Waals surface area (Å²) in [5, 5.41) is 10.1. The number of benzene rings is 2. The minimum Gasteiger partial charge on any atom is -0.506 e. The summed E-state index contributed by atoms with van der Waals surface area (Å²) < 4.78 is 125. The number of aromatic hydroxyl groups is 1. The van der Waals surface area contributed by atoms with Gasteiger partial charge in [0.15, 0.2) is 6.40 Å². The standard InChI is InChI=1S/C29H35F9N2O4/c1-7-24(3,4)18-9-12-23(20(15-18)25(5,6)8-2)42-13-14-44-40-21-11-10-19(16-22(21)41)39-17-43-29(37,38)27(32,33)26(30,31)28(34,35)36/h9-12,15-17,40-41H,7-8,13-14H2,1-6H3. The molecule has 0 radical (unpaired) electrons. The van der Waals surface area contributed by atoms with Crippen LogP contribution >= 0.6 is 0 Å². The van der Waals surface area contributed by atoms with Gasteiger partial charge >= 0.3 is 24.1 Å². The van der Waals surface area contributed by atoms with Crippen molar-refractivity contribution in [2.24, 2.45) is 4.99 Å². The summed E-state index contributed by atoms with van der Waals surface area (Å²) in [6.07, 6.45) is -11.9. The minimum atomic E-state index is -7.10. The first-order chi connectivity index (χ1) is 20.0. The van der Waals surface area contributed by atoms with E-state index in [2.05, 4.69) is 62.8 Å². The molecule has 6 nitrogen and oxygen atoms in total. The molecule has 0 bridgehead atoms. The van der Waals surface area contributed by atoms with Crippen molar-refractivity contribution in [2.45, 2.75) is 89.3 Å². The highest BCUT2D eigenvalue weighted by Gasteiger charge is 2.83. The van der Waals surface area contributed by atoms with E-state index in [1.54, 1.807) is 0 Å². The third-order valence-corrected chi connectivity index (χ3v) is 7.38. The van der Waals surface area contributed by atoms with Crippen LogP contribution in [0.3, 0.4) is 0 Å². The Hall–Kier alpha value is -3.36. The van der Waals surface area contributed by atoms with Crippen molar-refractivity contribution in [1.29, 1.82) is 0 Å². The Morgan fingerprint density at radius 1 is 0.795 bits per heavy atom. The predicted molar refractivity (Wildman–Crippen MR) is 146 cm³/mol. The van der Waals surface area contributed by atoms with Crippen molar-refractivity contribution in [1.82, 2.24) is 0 Å². The Kier molecular flexibility index (Phi) is 11.2. The van der Waals surface area contributed by atoms with Gasteiger partial charge in [0, 0.05) is 11.6 Å². The van der Waals surface area contributed by atoms with Crippen molar-refractivity contribution in [3.63, 3.8) is 0 Å².